The van der Waals surface area contributed by atoms with Crippen molar-refractivity contribution < 1.29 is 19.1 Å². The predicted molar refractivity (Wildman–Crippen MR) is 94.9 cm³/mol. The Morgan fingerprint density at radius 2 is 2.08 bits per heavy atom. The van der Waals surface area contributed by atoms with Crippen LogP contribution in [0.3, 0.4) is 0 Å². The number of fused-ring (bicyclic) bond motifs is 2. The summed E-state index contributed by atoms with van der Waals surface area (Å²) in [6, 6.07) is 5.05. The van der Waals surface area contributed by atoms with Crippen LogP contribution in [0.2, 0.25) is 0 Å². The second kappa shape index (κ2) is 7.15. The zero-order valence-corrected chi connectivity index (χ0v) is 15.1. The predicted octanol–water partition coefficient (Wildman–Crippen LogP) is 2.10. The van der Waals surface area contributed by atoms with E-state index >= 15 is 0 Å². The highest BCUT2D eigenvalue weighted by Gasteiger charge is 2.46. The molecule has 7 heteroatoms. The number of ether oxygens (including phenoxy) is 2. The van der Waals surface area contributed by atoms with Crippen LogP contribution in [0.5, 0.6) is 11.5 Å². The maximum Gasteiger partial charge on any atom is 0.327 e. The third kappa shape index (κ3) is 3.00. The Bertz CT molecular complexity index is 708. The topological polar surface area (TPSA) is 71.1 Å². The van der Waals surface area contributed by atoms with Crippen molar-refractivity contribution in [3.05, 3.63) is 23.8 Å². The number of piperidine rings is 1. The maximum atomic E-state index is 13.1. The second-order valence-electron chi connectivity index (χ2n) is 7.08. The van der Waals surface area contributed by atoms with E-state index < -0.39 is 0 Å². The molecule has 0 spiro atoms. The van der Waals surface area contributed by atoms with Gasteiger partial charge in [-0.25, -0.2) is 4.79 Å². The Morgan fingerprint density at radius 1 is 1.23 bits per heavy atom. The highest BCUT2D eigenvalue weighted by atomic mass is 16.7. The molecule has 3 aliphatic rings. The van der Waals surface area contributed by atoms with Gasteiger partial charge in [0.2, 0.25) is 12.7 Å². The average molecular weight is 359 g/mol. The molecule has 1 N–H and O–H groups in total. The van der Waals surface area contributed by atoms with Gasteiger partial charge < -0.3 is 19.7 Å². The Hall–Kier alpha value is -2.28. The van der Waals surface area contributed by atoms with Gasteiger partial charge in [-0.15, -0.1) is 0 Å². The Morgan fingerprint density at radius 3 is 2.92 bits per heavy atom. The third-order valence-electron chi connectivity index (χ3n) is 5.36. The smallest absolute Gasteiger partial charge is 0.327 e. The molecular weight excluding hydrogens is 334 g/mol. The molecule has 0 aliphatic carbocycles. The summed E-state index contributed by atoms with van der Waals surface area (Å²) in [7, 11) is 0. The van der Waals surface area contributed by atoms with Crippen molar-refractivity contribution in [3.63, 3.8) is 0 Å². The molecule has 0 radical (unpaired) electrons. The lowest BCUT2D eigenvalue weighted by atomic mass is 9.93. The molecule has 2 unspecified atom stereocenters. The number of carbonyl (C=O) groups is 2. The molecular formula is C19H25N3O4. The number of imide groups is 1. The number of urea groups is 1. The lowest BCUT2D eigenvalue weighted by molar-refractivity contribution is -0.137. The van der Waals surface area contributed by atoms with E-state index in [2.05, 4.69) is 12.2 Å². The molecule has 140 valence electrons. The number of unbranched alkanes of at least 4 members (excludes halogenated alkanes) is 1. The highest BCUT2D eigenvalue weighted by molar-refractivity contribution is 6.00. The van der Waals surface area contributed by atoms with Crippen LogP contribution in [0.15, 0.2) is 18.2 Å². The minimum Gasteiger partial charge on any atom is -0.454 e. The molecule has 2 atom stereocenters. The number of amides is 3. The lowest BCUT2D eigenvalue weighted by Gasteiger charge is -2.47. The molecule has 0 bridgehead atoms. The summed E-state index contributed by atoms with van der Waals surface area (Å²) in [5.74, 6) is 1.24. The molecule has 1 aromatic rings. The van der Waals surface area contributed by atoms with E-state index in [0.717, 1.165) is 37.8 Å². The molecule has 3 heterocycles. The van der Waals surface area contributed by atoms with Gasteiger partial charge >= 0.3 is 6.03 Å². The van der Waals surface area contributed by atoms with Crippen molar-refractivity contribution in [1.29, 1.82) is 0 Å². The van der Waals surface area contributed by atoms with Gasteiger partial charge in [-0.2, -0.15) is 0 Å². The Balaban J connectivity index is 1.57. The molecule has 2 saturated heterocycles. The number of hydrogen-bond acceptors (Lipinski definition) is 5. The van der Waals surface area contributed by atoms with Crippen molar-refractivity contribution in [3.8, 4) is 11.5 Å². The molecule has 4 rings (SSSR count). The van der Waals surface area contributed by atoms with E-state index in [1.54, 1.807) is 0 Å². The fraction of sp³-hybridized carbons (Fsp3) is 0.579. The van der Waals surface area contributed by atoms with Crippen LogP contribution in [0.25, 0.3) is 0 Å². The summed E-state index contributed by atoms with van der Waals surface area (Å²) in [5, 5.41) is 3.33. The number of nitrogens with zero attached hydrogens (tertiary/aromatic N) is 2. The van der Waals surface area contributed by atoms with Gasteiger partial charge in [0, 0.05) is 6.54 Å². The van der Waals surface area contributed by atoms with Crippen LogP contribution >= 0.6 is 0 Å². The van der Waals surface area contributed by atoms with Crippen molar-refractivity contribution in [2.75, 3.05) is 19.9 Å². The summed E-state index contributed by atoms with van der Waals surface area (Å²) in [6.07, 6.45) is 3.84. The summed E-state index contributed by atoms with van der Waals surface area (Å²) < 4.78 is 10.7. The van der Waals surface area contributed by atoms with Crippen molar-refractivity contribution in [2.24, 2.45) is 0 Å². The molecule has 26 heavy (non-hydrogen) atoms. The monoisotopic (exact) mass is 359 g/mol. The molecule has 1 aromatic carbocycles. The first-order valence-electron chi connectivity index (χ1n) is 9.43. The minimum atomic E-state index is -0.299. The first kappa shape index (κ1) is 17.1. The summed E-state index contributed by atoms with van der Waals surface area (Å²) in [6.45, 7) is 4.09. The van der Waals surface area contributed by atoms with Gasteiger partial charge in [-0.1, -0.05) is 19.4 Å². The number of benzene rings is 1. The summed E-state index contributed by atoms with van der Waals surface area (Å²) >= 11 is 0. The van der Waals surface area contributed by atoms with Gasteiger partial charge in [0.05, 0.1) is 12.6 Å². The first-order valence-corrected chi connectivity index (χ1v) is 9.43. The number of rotatable bonds is 5. The van der Waals surface area contributed by atoms with Crippen LogP contribution in [0, 0.1) is 0 Å². The summed E-state index contributed by atoms with van der Waals surface area (Å²) in [4.78, 5) is 29.3. The third-order valence-corrected chi connectivity index (χ3v) is 5.36. The molecule has 3 aliphatic heterocycles. The van der Waals surface area contributed by atoms with E-state index in [1.165, 1.54) is 4.90 Å². The van der Waals surface area contributed by atoms with Crippen molar-refractivity contribution >= 4 is 11.9 Å². The van der Waals surface area contributed by atoms with Gasteiger partial charge in [0.1, 0.15) is 6.04 Å². The zero-order chi connectivity index (χ0) is 18.1. The van der Waals surface area contributed by atoms with Gasteiger partial charge in [-0.3, -0.25) is 9.69 Å². The van der Waals surface area contributed by atoms with Crippen LogP contribution in [0.1, 0.15) is 38.2 Å². The molecule has 3 amide bonds. The van der Waals surface area contributed by atoms with Crippen LogP contribution in [-0.2, 0) is 11.3 Å². The quantitative estimate of drug-likeness (QED) is 0.872. The van der Waals surface area contributed by atoms with Gasteiger partial charge in [0.25, 0.3) is 0 Å². The van der Waals surface area contributed by atoms with E-state index in [4.69, 9.17) is 9.47 Å². The summed E-state index contributed by atoms with van der Waals surface area (Å²) in [5.41, 5.74) is 0.862. The van der Waals surface area contributed by atoms with Gasteiger partial charge in [0.15, 0.2) is 11.5 Å². The fourth-order valence-electron chi connectivity index (χ4n) is 3.98. The van der Waals surface area contributed by atoms with Crippen LogP contribution in [0.4, 0.5) is 4.79 Å². The average Bonchev–Trinajstić information content (AvgIpc) is 3.13. The fourth-order valence-corrected chi connectivity index (χ4v) is 3.98. The van der Waals surface area contributed by atoms with E-state index in [0.29, 0.717) is 18.0 Å². The van der Waals surface area contributed by atoms with E-state index in [-0.39, 0.29) is 37.4 Å². The standard InChI is InChI=1S/C19H25N3O4/c1-2-3-9-21-14-5-4-8-20-17(14)18(23)22(19(21)24)11-13-6-7-15-16(10-13)26-12-25-15/h6-7,10,14,17,20H,2-5,8-9,11-12H2,1H3. The number of carbonyl (C=O) groups excluding carboxylic acids is 2. The minimum absolute atomic E-state index is 0.0247. The number of nitrogens with one attached hydrogen (secondary N) is 1. The highest BCUT2D eigenvalue weighted by Crippen LogP contribution is 2.33. The first-order chi connectivity index (χ1) is 12.7. The lowest BCUT2D eigenvalue weighted by Crippen LogP contribution is -2.69. The van der Waals surface area contributed by atoms with Crippen molar-refractivity contribution in [1.82, 2.24) is 15.1 Å². The van der Waals surface area contributed by atoms with E-state index in [9.17, 15) is 9.59 Å². The van der Waals surface area contributed by atoms with Gasteiger partial charge in [-0.05, 0) is 43.5 Å². The molecule has 0 aromatic heterocycles. The Kier molecular flexibility index (Phi) is 4.72. The van der Waals surface area contributed by atoms with E-state index in [1.807, 2.05) is 23.1 Å². The molecule has 7 nitrogen and oxygen atoms in total. The number of hydrogen-bond donors (Lipinski definition) is 1. The molecule has 2 fully saturated rings. The molecule has 0 saturated carbocycles. The normalized spacial score (nSPS) is 24.8. The van der Waals surface area contributed by atoms with Crippen LogP contribution in [-0.4, -0.2) is 53.7 Å². The largest absolute Gasteiger partial charge is 0.454 e. The zero-order valence-electron chi connectivity index (χ0n) is 15.1. The SMILES string of the molecule is CCCCN1C(=O)N(Cc2ccc3c(c2)OCO3)C(=O)C2NCCCC21. The second-order valence-corrected chi connectivity index (χ2v) is 7.08. The van der Waals surface area contributed by atoms with Crippen molar-refractivity contribution in [2.45, 2.75) is 51.2 Å². The Labute approximate surface area is 153 Å². The maximum absolute atomic E-state index is 13.1. The van der Waals surface area contributed by atoms with Crippen LogP contribution < -0.4 is 14.8 Å².